The maximum Gasteiger partial charge on any atom is 0.248 e. The summed E-state index contributed by atoms with van der Waals surface area (Å²) in [5, 5.41) is 4.57. The Hall–Kier alpha value is -1.40. The van der Waals surface area contributed by atoms with Gasteiger partial charge in [0.1, 0.15) is 6.61 Å². The monoisotopic (exact) mass is 337 g/mol. The number of unbranched alkanes of at least 4 members (excludes halogenated alkanes) is 1. The van der Waals surface area contributed by atoms with Crippen LogP contribution in [0.15, 0.2) is 6.07 Å². The van der Waals surface area contributed by atoms with Gasteiger partial charge in [-0.15, -0.1) is 0 Å². The topological polar surface area (TPSA) is 56.6 Å². The van der Waals surface area contributed by atoms with Gasteiger partial charge in [-0.25, -0.2) is 0 Å². The summed E-state index contributed by atoms with van der Waals surface area (Å²) in [6.07, 6.45) is 4.11. The first-order valence-corrected chi connectivity index (χ1v) is 9.07. The minimum absolute atomic E-state index is 0.0791. The molecule has 1 fully saturated rings. The molecule has 6 heteroatoms. The number of carbonyl (C=O) groups is 1. The van der Waals surface area contributed by atoms with Crippen LogP contribution in [0.25, 0.3) is 0 Å². The SMILES string of the molecule is CCCCOCCOCC(=O)N1CCC(n2nc(C)cc2C)CC1. The molecule has 0 unspecified atom stereocenters. The highest BCUT2D eigenvalue weighted by molar-refractivity contribution is 5.77. The van der Waals surface area contributed by atoms with Gasteiger partial charge in [-0.1, -0.05) is 13.3 Å². The van der Waals surface area contributed by atoms with E-state index in [9.17, 15) is 4.79 Å². The molecule has 0 saturated carbocycles. The summed E-state index contributed by atoms with van der Waals surface area (Å²) < 4.78 is 13.0. The molecule has 1 saturated heterocycles. The van der Waals surface area contributed by atoms with Crippen molar-refractivity contribution in [2.24, 2.45) is 0 Å². The van der Waals surface area contributed by atoms with Gasteiger partial charge < -0.3 is 14.4 Å². The third kappa shape index (κ3) is 5.60. The summed E-state index contributed by atoms with van der Waals surface area (Å²) >= 11 is 0. The largest absolute Gasteiger partial charge is 0.379 e. The van der Waals surface area contributed by atoms with Crippen molar-refractivity contribution in [2.45, 2.75) is 52.5 Å². The molecule has 0 bridgehead atoms. The number of hydrogen-bond donors (Lipinski definition) is 0. The molecule has 2 heterocycles. The average molecular weight is 337 g/mol. The molecule has 6 nitrogen and oxygen atoms in total. The summed E-state index contributed by atoms with van der Waals surface area (Å²) in [6, 6.07) is 2.50. The van der Waals surface area contributed by atoms with Gasteiger partial charge in [-0.3, -0.25) is 9.48 Å². The van der Waals surface area contributed by atoms with E-state index in [0.29, 0.717) is 19.3 Å². The first-order valence-electron chi connectivity index (χ1n) is 9.07. The summed E-state index contributed by atoms with van der Waals surface area (Å²) in [5.41, 5.74) is 2.25. The van der Waals surface area contributed by atoms with Crippen LogP contribution in [0.3, 0.4) is 0 Å². The Morgan fingerprint density at radius 2 is 1.92 bits per heavy atom. The van der Waals surface area contributed by atoms with Crippen molar-refractivity contribution in [3.05, 3.63) is 17.5 Å². The molecule has 1 aromatic heterocycles. The van der Waals surface area contributed by atoms with Crippen molar-refractivity contribution in [3.63, 3.8) is 0 Å². The zero-order valence-corrected chi connectivity index (χ0v) is 15.3. The van der Waals surface area contributed by atoms with E-state index in [1.165, 1.54) is 5.69 Å². The molecule has 1 aromatic rings. The second-order valence-electron chi connectivity index (χ2n) is 6.50. The summed E-state index contributed by atoms with van der Waals surface area (Å²) in [7, 11) is 0. The third-order valence-corrected chi connectivity index (χ3v) is 4.45. The first kappa shape index (κ1) is 18.9. The van der Waals surface area contributed by atoms with E-state index in [-0.39, 0.29) is 12.5 Å². The second-order valence-corrected chi connectivity index (χ2v) is 6.50. The van der Waals surface area contributed by atoms with E-state index < -0.39 is 0 Å². The van der Waals surface area contributed by atoms with Crippen molar-refractivity contribution in [1.29, 1.82) is 0 Å². The Morgan fingerprint density at radius 1 is 1.21 bits per heavy atom. The van der Waals surface area contributed by atoms with Crippen LogP contribution in [0.5, 0.6) is 0 Å². The number of ether oxygens (including phenoxy) is 2. The number of rotatable bonds is 9. The van der Waals surface area contributed by atoms with Gasteiger partial charge in [0, 0.05) is 25.4 Å². The Balaban J connectivity index is 1.63. The zero-order valence-electron chi connectivity index (χ0n) is 15.3. The van der Waals surface area contributed by atoms with Crippen LogP contribution >= 0.6 is 0 Å². The number of nitrogens with zero attached hydrogens (tertiary/aromatic N) is 3. The number of likely N-dealkylation sites (tertiary alicyclic amines) is 1. The van der Waals surface area contributed by atoms with Gasteiger partial charge in [0.15, 0.2) is 0 Å². The number of aryl methyl sites for hydroxylation is 2. The third-order valence-electron chi connectivity index (χ3n) is 4.45. The molecule has 0 radical (unpaired) electrons. The molecule has 0 spiro atoms. The molecule has 0 aliphatic carbocycles. The average Bonchev–Trinajstić information content (AvgIpc) is 2.92. The van der Waals surface area contributed by atoms with Crippen LogP contribution in [0.1, 0.15) is 50.0 Å². The van der Waals surface area contributed by atoms with Crippen molar-refractivity contribution in [3.8, 4) is 0 Å². The number of aromatic nitrogens is 2. The standard InChI is InChI=1S/C18H31N3O3/c1-4-5-10-23-11-12-24-14-18(22)20-8-6-17(7-9-20)21-16(3)13-15(2)19-21/h13,17H,4-12,14H2,1-3H3. The lowest BCUT2D eigenvalue weighted by Gasteiger charge is -2.32. The molecule has 1 aliphatic heterocycles. The molecule has 0 atom stereocenters. The highest BCUT2D eigenvalue weighted by Crippen LogP contribution is 2.23. The van der Waals surface area contributed by atoms with Crippen molar-refractivity contribution in [1.82, 2.24) is 14.7 Å². The molecule has 0 N–H and O–H groups in total. The van der Waals surface area contributed by atoms with E-state index in [4.69, 9.17) is 9.47 Å². The molecule has 1 amide bonds. The minimum atomic E-state index is 0.0791. The molecule has 1 aliphatic rings. The van der Waals surface area contributed by atoms with E-state index >= 15 is 0 Å². The predicted octanol–water partition coefficient (Wildman–Crippen LogP) is 2.50. The molecular weight excluding hydrogens is 306 g/mol. The van der Waals surface area contributed by atoms with Crippen molar-refractivity contribution in [2.75, 3.05) is 39.5 Å². The molecule has 2 rings (SSSR count). The van der Waals surface area contributed by atoms with Crippen molar-refractivity contribution >= 4 is 5.91 Å². The lowest BCUT2D eigenvalue weighted by Crippen LogP contribution is -2.41. The fourth-order valence-corrected chi connectivity index (χ4v) is 3.09. The normalized spacial score (nSPS) is 15.9. The van der Waals surface area contributed by atoms with Crippen LogP contribution in [0.2, 0.25) is 0 Å². The van der Waals surface area contributed by atoms with Gasteiger partial charge in [-0.05, 0) is 39.2 Å². The molecular formula is C18H31N3O3. The Bertz CT molecular complexity index is 508. The highest BCUT2D eigenvalue weighted by Gasteiger charge is 2.25. The van der Waals surface area contributed by atoms with Gasteiger partial charge in [0.2, 0.25) is 5.91 Å². The molecule has 24 heavy (non-hydrogen) atoms. The lowest BCUT2D eigenvalue weighted by atomic mass is 10.1. The number of amides is 1. The molecule has 0 aromatic carbocycles. The van der Waals surface area contributed by atoms with E-state index in [1.54, 1.807) is 0 Å². The van der Waals surface area contributed by atoms with Crippen LogP contribution < -0.4 is 0 Å². The van der Waals surface area contributed by atoms with Crippen LogP contribution in [0.4, 0.5) is 0 Å². The zero-order chi connectivity index (χ0) is 17.4. The minimum Gasteiger partial charge on any atom is -0.379 e. The van der Waals surface area contributed by atoms with Gasteiger partial charge in [0.05, 0.1) is 24.9 Å². The fourth-order valence-electron chi connectivity index (χ4n) is 3.09. The maximum absolute atomic E-state index is 12.2. The maximum atomic E-state index is 12.2. The molecule has 136 valence electrons. The highest BCUT2D eigenvalue weighted by atomic mass is 16.5. The van der Waals surface area contributed by atoms with Gasteiger partial charge in [0.25, 0.3) is 0 Å². The second kappa shape index (κ2) is 9.79. The summed E-state index contributed by atoms with van der Waals surface area (Å²) in [6.45, 7) is 9.77. The van der Waals surface area contributed by atoms with Crippen LogP contribution in [-0.2, 0) is 14.3 Å². The summed E-state index contributed by atoms with van der Waals surface area (Å²) in [5.74, 6) is 0.0791. The van der Waals surface area contributed by atoms with Crippen molar-refractivity contribution < 1.29 is 14.3 Å². The smallest absolute Gasteiger partial charge is 0.248 e. The number of piperidine rings is 1. The quantitative estimate of drug-likeness (QED) is 0.650. The van der Waals surface area contributed by atoms with Gasteiger partial charge in [-0.2, -0.15) is 5.10 Å². The van der Waals surface area contributed by atoms with E-state index in [2.05, 4.69) is 29.7 Å². The fraction of sp³-hybridized carbons (Fsp3) is 0.778. The summed E-state index contributed by atoms with van der Waals surface area (Å²) in [4.78, 5) is 14.1. The number of carbonyl (C=O) groups excluding carboxylic acids is 1. The Morgan fingerprint density at radius 3 is 2.54 bits per heavy atom. The Labute approximate surface area is 145 Å². The van der Waals surface area contributed by atoms with Crippen LogP contribution in [-0.4, -0.2) is 60.1 Å². The predicted molar refractivity (Wildman–Crippen MR) is 93.1 cm³/mol. The van der Waals surface area contributed by atoms with Gasteiger partial charge >= 0.3 is 0 Å². The van der Waals surface area contributed by atoms with E-state index in [0.717, 1.165) is 51.1 Å². The van der Waals surface area contributed by atoms with E-state index in [1.807, 2.05) is 11.8 Å². The first-order chi connectivity index (χ1) is 11.6. The number of hydrogen-bond acceptors (Lipinski definition) is 4. The lowest BCUT2D eigenvalue weighted by molar-refractivity contribution is -0.138. The van der Waals surface area contributed by atoms with Crippen LogP contribution in [0, 0.1) is 13.8 Å². The Kier molecular flexibility index (Phi) is 7.72.